The van der Waals surface area contributed by atoms with Gasteiger partial charge in [0.05, 0.1) is 37.1 Å². The second-order valence-electron chi connectivity index (χ2n) is 9.88. The van der Waals surface area contributed by atoms with Crippen LogP contribution in [0.4, 0.5) is 5.69 Å². The maximum absolute atomic E-state index is 10.2. The minimum atomic E-state index is -0.387. The molecule has 3 aliphatic rings. The van der Waals surface area contributed by atoms with E-state index in [1.165, 1.54) is 0 Å². The van der Waals surface area contributed by atoms with Crippen LogP contribution in [0, 0.1) is 11.3 Å². The zero-order valence-corrected chi connectivity index (χ0v) is 20.8. The summed E-state index contributed by atoms with van der Waals surface area (Å²) in [6.45, 7) is 3.24. The van der Waals surface area contributed by atoms with Gasteiger partial charge in [0.2, 0.25) is 11.8 Å². The zero-order valence-electron chi connectivity index (χ0n) is 20.8. The van der Waals surface area contributed by atoms with Crippen LogP contribution in [-0.4, -0.2) is 45.6 Å². The van der Waals surface area contributed by atoms with Crippen LogP contribution in [-0.2, 0) is 4.74 Å². The number of nitrogens with two attached hydrogens (primary N) is 1. The summed E-state index contributed by atoms with van der Waals surface area (Å²) in [6, 6.07) is 19.2. The molecule has 1 aliphatic carbocycles. The first kappa shape index (κ1) is 22.6. The van der Waals surface area contributed by atoms with E-state index in [9.17, 15) is 5.26 Å². The fourth-order valence-electron chi connectivity index (χ4n) is 5.37. The van der Waals surface area contributed by atoms with Crippen molar-refractivity contribution in [1.29, 1.82) is 5.26 Å². The summed E-state index contributed by atoms with van der Waals surface area (Å²) in [5.41, 5.74) is 12.5. The number of rotatable bonds is 5. The molecule has 1 unspecified atom stereocenters. The second kappa shape index (κ2) is 9.08. The van der Waals surface area contributed by atoms with Crippen LogP contribution in [0.25, 0.3) is 16.9 Å². The van der Waals surface area contributed by atoms with Gasteiger partial charge in [-0.15, -0.1) is 0 Å². The number of fused-ring (bicyclic) bond motifs is 1. The highest BCUT2D eigenvalue weighted by Gasteiger charge is 2.40. The van der Waals surface area contributed by atoms with E-state index >= 15 is 0 Å². The number of benzene rings is 2. The lowest BCUT2D eigenvalue weighted by atomic mass is 9.83. The number of nitriles is 1. The van der Waals surface area contributed by atoms with E-state index in [1.54, 1.807) is 12.5 Å². The van der Waals surface area contributed by atoms with Crippen molar-refractivity contribution >= 4 is 5.69 Å². The minimum absolute atomic E-state index is 0.139. The van der Waals surface area contributed by atoms with Crippen molar-refractivity contribution < 1.29 is 9.47 Å². The summed E-state index contributed by atoms with van der Waals surface area (Å²) >= 11 is 0. The molecule has 1 saturated heterocycles. The number of nitrogens with zero attached hydrogens (tertiary/aromatic N) is 6. The number of anilines is 1. The van der Waals surface area contributed by atoms with Gasteiger partial charge in [-0.3, -0.25) is 0 Å². The lowest BCUT2D eigenvalue weighted by Gasteiger charge is -2.29. The summed E-state index contributed by atoms with van der Waals surface area (Å²) in [4.78, 5) is 6.47. The van der Waals surface area contributed by atoms with E-state index < -0.39 is 0 Å². The highest BCUT2D eigenvalue weighted by Crippen LogP contribution is 2.50. The van der Waals surface area contributed by atoms with Gasteiger partial charge < -0.3 is 24.7 Å². The average Bonchev–Trinajstić information content (AvgIpc) is 3.52. The molecule has 2 aliphatic heterocycles. The Morgan fingerprint density at radius 2 is 1.71 bits per heavy atom. The fraction of sp³-hybridized carbons (Fsp3) is 0.276. The predicted octanol–water partition coefficient (Wildman–Crippen LogP) is 4.13. The van der Waals surface area contributed by atoms with Crippen LogP contribution in [0.3, 0.4) is 0 Å². The molecule has 0 bridgehead atoms. The van der Waals surface area contributed by atoms with Crippen LogP contribution in [0.15, 0.2) is 78.7 Å². The molecule has 0 amide bonds. The standard InChI is InChI=1S/C29H27N7O2/c30-17-24-25(19-1-5-22(6-2-19)35-12-11-32-18-35)26-27(33-36(23-9-10-23)29(26)38-28(24)31)20-3-7-21(8-4-20)34-13-15-37-16-14-34/h1-8,11-12,18,23,25H,9-10,13-16,31H2. The predicted molar refractivity (Wildman–Crippen MR) is 142 cm³/mol. The van der Waals surface area contributed by atoms with Gasteiger partial charge in [-0.1, -0.05) is 24.3 Å². The van der Waals surface area contributed by atoms with Gasteiger partial charge >= 0.3 is 0 Å². The van der Waals surface area contributed by atoms with Crippen molar-refractivity contribution in [2.75, 3.05) is 31.2 Å². The minimum Gasteiger partial charge on any atom is -0.422 e. The quantitative estimate of drug-likeness (QED) is 0.435. The van der Waals surface area contributed by atoms with Crippen molar-refractivity contribution in [1.82, 2.24) is 19.3 Å². The fourth-order valence-corrected chi connectivity index (χ4v) is 5.37. The number of morpholine rings is 1. The van der Waals surface area contributed by atoms with Crippen molar-refractivity contribution in [2.45, 2.75) is 24.8 Å². The lowest BCUT2D eigenvalue weighted by molar-refractivity contribution is 0.122. The Hall–Kier alpha value is -4.55. The smallest absolute Gasteiger partial charge is 0.224 e. The molecule has 9 nitrogen and oxygen atoms in total. The molecule has 1 saturated carbocycles. The first-order valence-electron chi connectivity index (χ1n) is 12.9. The van der Waals surface area contributed by atoms with E-state index in [-0.39, 0.29) is 17.8 Å². The largest absolute Gasteiger partial charge is 0.422 e. The van der Waals surface area contributed by atoms with E-state index in [1.807, 2.05) is 39.7 Å². The Kier molecular flexibility index (Phi) is 5.41. The summed E-state index contributed by atoms with van der Waals surface area (Å²) in [5.74, 6) is 0.390. The van der Waals surface area contributed by atoms with Gasteiger partial charge in [0.25, 0.3) is 0 Å². The summed E-state index contributed by atoms with van der Waals surface area (Å²) in [5, 5.41) is 15.2. The zero-order chi connectivity index (χ0) is 25.6. The highest BCUT2D eigenvalue weighted by atomic mass is 16.5. The van der Waals surface area contributed by atoms with E-state index in [0.29, 0.717) is 11.5 Å². The molecular formula is C29H27N7O2. The number of ether oxygens (including phenoxy) is 2. The molecule has 9 heteroatoms. The Morgan fingerprint density at radius 1 is 0.974 bits per heavy atom. The van der Waals surface area contributed by atoms with E-state index in [0.717, 1.165) is 72.9 Å². The summed E-state index contributed by atoms with van der Waals surface area (Å²) in [6.07, 6.45) is 7.51. The molecule has 0 radical (unpaired) electrons. The van der Waals surface area contributed by atoms with Gasteiger partial charge in [-0.25, -0.2) is 9.67 Å². The number of imidazole rings is 1. The third-order valence-electron chi connectivity index (χ3n) is 7.51. The topological polar surface area (TPSA) is 107 Å². The SMILES string of the molecule is N#CC1=C(N)Oc2c(c(-c3ccc(N4CCOCC4)cc3)nn2C2CC2)C1c1ccc(-n2ccnc2)cc1. The molecule has 2 N–H and O–H groups in total. The molecule has 4 heterocycles. The Labute approximate surface area is 220 Å². The Morgan fingerprint density at radius 3 is 2.37 bits per heavy atom. The van der Waals surface area contributed by atoms with Crippen molar-refractivity contribution in [2.24, 2.45) is 5.73 Å². The maximum atomic E-state index is 10.2. The Bertz CT molecular complexity index is 1540. The molecule has 2 fully saturated rings. The monoisotopic (exact) mass is 505 g/mol. The molecule has 7 rings (SSSR count). The number of allylic oxidation sites excluding steroid dienone is 1. The van der Waals surface area contributed by atoms with Gasteiger partial charge in [-0.05, 0) is 42.7 Å². The number of hydrogen-bond acceptors (Lipinski definition) is 7. The lowest BCUT2D eigenvalue weighted by Crippen LogP contribution is -2.36. The molecule has 0 spiro atoms. The molecular weight excluding hydrogens is 478 g/mol. The molecule has 190 valence electrons. The molecule has 1 atom stereocenters. The molecule has 38 heavy (non-hydrogen) atoms. The van der Waals surface area contributed by atoms with Crippen molar-refractivity contribution in [3.8, 4) is 28.9 Å². The van der Waals surface area contributed by atoms with Crippen LogP contribution < -0.4 is 15.4 Å². The van der Waals surface area contributed by atoms with Crippen LogP contribution in [0.2, 0.25) is 0 Å². The summed E-state index contributed by atoms with van der Waals surface area (Å²) < 4.78 is 15.5. The first-order valence-corrected chi connectivity index (χ1v) is 12.9. The van der Waals surface area contributed by atoms with Gasteiger partial charge in [0.1, 0.15) is 17.3 Å². The maximum Gasteiger partial charge on any atom is 0.224 e. The van der Waals surface area contributed by atoms with Crippen molar-refractivity contribution in [3.05, 3.63) is 89.8 Å². The molecule has 4 aromatic rings. The first-order chi connectivity index (χ1) is 18.7. The second-order valence-corrected chi connectivity index (χ2v) is 9.88. The van der Waals surface area contributed by atoms with E-state index in [2.05, 4.69) is 40.2 Å². The van der Waals surface area contributed by atoms with Gasteiger partial charge in [0.15, 0.2) is 0 Å². The number of hydrogen-bond donors (Lipinski definition) is 1. The van der Waals surface area contributed by atoms with Crippen LogP contribution >= 0.6 is 0 Å². The van der Waals surface area contributed by atoms with Gasteiger partial charge in [0, 0.05) is 42.4 Å². The van der Waals surface area contributed by atoms with Crippen LogP contribution in [0.5, 0.6) is 5.88 Å². The third kappa shape index (κ3) is 3.81. The number of aromatic nitrogens is 4. The molecule has 2 aromatic heterocycles. The Balaban J connectivity index is 1.34. The van der Waals surface area contributed by atoms with Crippen molar-refractivity contribution in [3.63, 3.8) is 0 Å². The van der Waals surface area contributed by atoms with Crippen LogP contribution in [0.1, 0.15) is 35.9 Å². The van der Waals surface area contributed by atoms with Gasteiger partial charge in [-0.2, -0.15) is 10.4 Å². The third-order valence-corrected chi connectivity index (χ3v) is 7.51. The van der Waals surface area contributed by atoms with E-state index in [4.69, 9.17) is 20.3 Å². The molecule has 2 aromatic carbocycles. The average molecular weight is 506 g/mol. The summed E-state index contributed by atoms with van der Waals surface area (Å²) in [7, 11) is 0. The normalized spacial score (nSPS) is 19.1. The highest BCUT2D eigenvalue weighted by molar-refractivity contribution is 5.73.